The first-order valence-electron chi connectivity index (χ1n) is 5.84. The smallest absolute Gasteiger partial charge is 0.203 e. The van der Waals surface area contributed by atoms with E-state index >= 15 is 0 Å². The molecular formula is C15H11BrF2O2. The fourth-order valence-electron chi connectivity index (χ4n) is 1.64. The summed E-state index contributed by atoms with van der Waals surface area (Å²) < 4.78 is 32.6. The third-order valence-corrected chi connectivity index (χ3v) is 3.62. The Bertz CT molecular complexity index is 656. The first-order valence-corrected chi connectivity index (χ1v) is 6.64. The molecule has 2 aromatic rings. The van der Waals surface area contributed by atoms with Crippen LogP contribution in [-0.2, 0) is 0 Å². The molecule has 0 aliphatic rings. The number of ether oxygens (including phenoxy) is 1. The fraction of sp³-hybridized carbons (Fsp3) is 0.133. The quantitative estimate of drug-likeness (QED) is 0.775. The fourth-order valence-corrected chi connectivity index (χ4v) is 1.89. The van der Waals surface area contributed by atoms with Gasteiger partial charge in [-0.15, -0.1) is 0 Å². The van der Waals surface area contributed by atoms with E-state index in [1.54, 1.807) is 18.2 Å². The molecule has 0 bridgehead atoms. The highest BCUT2D eigenvalue weighted by atomic mass is 79.9. The lowest BCUT2D eigenvalue weighted by molar-refractivity contribution is 0.0917. The predicted molar refractivity (Wildman–Crippen MR) is 75.1 cm³/mol. The van der Waals surface area contributed by atoms with E-state index in [-0.39, 0.29) is 12.2 Å². The van der Waals surface area contributed by atoms with Gasteiger partial charge in [0.05, 0.1) is 5.56 Å². The van der Waals surface area contributed by atoms with Gasteiger partial charge in [0.15, 0.2) is 6.61 Å². The Labute approximate surface area is 123 Å². The minimum Gasteiger partial charge on any atom is -0.485 e. The Balaban J connectivity index is 2.08. The second-order valence-electron chi connectivity index (χ2n) is 4.25. The van der Waals surface area contributed by atoms with Gasteiger partial charge < -0.3 is 4.74 Å². The zero-order valence-corrected chi connectivity index (χ0v) is 12.2. The maximum atomic E-state index is 13.4. The van der Waals surface area contributed by atoms with Crippen molar-refractivity contribution in [2.24, 2.45) is 0 Å². The van der Waals surface area contributed by atoms with E-state index in [2.05, 4.69) is 15.9 Å². The third-order valence-electron chi connectivity index (χ3n) is 2.73. The highest BCUT2D eigenvalue weighted by molar-refractivity contribution is 9.10. The number of hydrogen-bond donors (Lipinski definition) is 0. The van der Waals surface area contributed by atoms with Crippen molar-refractivity contribution in [3.8, 4) is 5.75 Å². The first kappa shape index (κ1) is 14.7. The zero-order chi connectivity index (χ0) is 14.7. The summed E-state index contributed by atoms with van der Waals surface area (Å²) in [5.41, 5.74) is 0.644. The van der Waals surface area contributed by atoms with Gasteiger partial charge >= 0.3 is 0 Å². The van der Waals surface area contributed by atoms with Crippen molar-refractivity contribution in [3.05, 3.63) is 63.6 Å². The highest BCUT2D eigenvalue weighted by Crippen LogP contribution is 2.21. The van der Waals surface area contributed by atoms with Crippen molar-refractivity contribution in [1.29, 1.82) is 0 Å². The molecule has 0 radical (unpaired) electrons. The van der Waals surface area contributed by atoms with E-state index in [0.717, 1.165) is 28.2 Å². The van der Waals surface area contributed by atoms with E-state index in [9.17, 15) is 13.6 Å². The average molecular weight is 341 g/mol. The summed E-state index contributed by atoms with van der Waals surface area (Å²) >= 11 is 3.35. The molecule has 2 nitrogen and oxygen atoms in total. The van der Waals surface area contributed by atoms with Crippen LogP contribution >= 0.6 is 15.9 Å². The molecular weight excluding hydrogens is 330 g/mol. The van der Waals surface area contributed by atoms with Crippen LogP contribution in [0.3, 0.4) is 0 Å². The summed E-state index contributed by atoms with van der Waals surface area (Å²) in [5.74, 6) is -1.53. The summed E-state index contributed by atoms with van der Waals surface area (Å²) in [6.45, 7) is 1.53. The molecule has 0 fully saturated rings. The largest absolute Gasteiger partial charge is 0.485 e. The number of aryl methyl sites for hydroxylation is 1. The summed E-state index contributed by atoms with van der Waals surface area (Å²) in [5, 5.41) is 0. The molecule has 0 spiro atoms. The molecule has 0 N–H and O–H groups in total. The van der Waals surface area contributed by atoms with Crippen LogP contribution in [0.5, 0.6) is 5.75 Å². The summed E-state index contributed by atoms with van der Waals surface area (Å²) in [7, 11) is 0. The van der Waals surface area contributed by atoms with Crippen molar-refractivity contribution in [3.63, 3.8) is 0 Å². The van der Waals surface area contributed by atoms with Crippen molar-refractivity contribution >= 4 is 21.7 Å². The van der Waals surface area contributed by atoms with E-state index in [4.69, 9.17) is 4.74 Å². The summed E-state index contributed by atoms with van der Waals surface area (Å²) in [6, 6.07) is 7.98. The van der Waals surface area contributed by atoms with Crippen LogP contribution in [0.4, 0.5) is 8.78 Å². The van der Waals surface area contributed by atoms with Crippen LogP contribution < -0.4 is 4.74 Å². The maximum absolute atomic E-state index is 13.4. The van der Waals surface area contributed by atoms with Crippen LogP contribution in [0.2, 0.25) is 0 Å². The monoisotopic (exact) mass is 340 g/mol. The van der Waals surface area contributed by atoms with E-state index < -0.39 is 17.4 Å². The second kappa shape index (κ2) is 6.13. The summed E-state index contributed by atoms with van der Waals surface area (Å²) in [4.78, 5) is 11.8. The number of Topliss-reactive ketones (excluding diaryl/α,β-unsaturated/α-hetero) is 1. The molecule has 0 heterocycles. The van der Waals surface area contributed by atoms with Crippen molar-refractivity contribution in [1.82, 2.24) is 0 Å². The number of carbonyl (C=O) groups is 1. The molecule has 0 aliphatic heterocycles. The number of carbonyl (C=O) groups excluding carboxylic acids is 1. The van der Waals surface area contributed by atoms with Gasteiger partial charge in [0.25, 0.3) is 0 Å². The molecule has 0 aromatic heterocycles. The van der Waals surface area contributed by atoms with Crippen LogP contribution in [0, 0.1) is 18.6 Å². The highest BCUT2D eigenvalue weighted by Gasteiger charge is 2.13. The van der Waals surface area contributed by atoms with E-state index in [1.165, 1.54) is 0 Å². The average Bonchev–Trinajstić information content (AvgIpc) is 2.42. The lowest BCUT2D eigenvalue weighted by Gasteiger charge is -2.08. The van der Waals surface area contributed by atoms with Gasteiger partial charge in [-0.05, 0) is 48.9 Å². The Morgan fingerprint density at radius 2 is 1.95 bits per heavy atom. The van der Waals surface area contributed by atoms with Gasteiger partial charge in [-0.25, -0.2) is 8.78 Å². The molecule has 2 rings (SSSR count). The first-order chi connectivity index (χ1) is 9.47. The second-order valence-corrected chi connectivity index (χ2v) is 5.10. The van der Waals surface area contributed by atoms with Crippen molar-refractivity contribution in [2.75, 3.05) is 6.61 Å². The molecule has 5 heteroatoms. The number of halogens is 3. The van der Waals surface area contributed by atoms with Gasteiger partial charge in [-0.1, -0.05) is 15.9 Å². The number of hydrogen-bond acceptors (Lipinski definition) is 2. The number of benzene rings is 2. The molecule has 0 saturated carbocycles. The van der Waals surface area contributed by atoms with Crippen LogP contribution in [0.25, 0.3) is 0 Å². The summed E-state index contributed by atoms with van der Waals surface area (Å²) in [6.07, 6.45) is 0. The van der Waals surface area contributed by atoms with E-state index in [0.29, 0.717) is 5.75 Å². The lowest BCUT2D eigenvalue weighted by Crippen LogP contribution is -2.13. The zero-order valence-electron chi connectivity index (χ0n) is 10.6. The van der Waals surface area contributed by atoms with Crippen molar-refractivity contribution < 1.29 is 18.3 Å². The molecule has 0 unspecified atom stereocenters. The molecule has 104 valence electrons. The Morgan fingerprint density at radius 3 is 2.65 bits per heavy atom. The lowest BCUT2D eigenvalue weighted by atomic mass is 10.1. The Morgan fingerprint density at radius 1 is 1.20 bits per heavy atom. The molecule has 20 heavy (non-hydrogen) atoms. The van der Waals surface area contributed by atoms with Crippen LogP contribution in [0.15, 0.2) is 40.9 Å². The number of ketones is 1. The van der Waals surface area contributed by atoms with Gasteiger partial charge in [0, 0.05) is 4.47 Å². The van der Waals surface area contributed by atoms with Crippen molar-refractivity contribution in [2.45, 2.75) is 6.92 Å². The minimum atomic E-state index is -0.757. The molecule has 0 amide bonds. The van der Waals surface area contributed by atoms with Crippen LogP contribution in [0.1, 0.15) is 15.9 Å². The van der Waals surface area contributed by atoms with Gasteiger partial charge in [-0.3, -0.25) is 4.79 Å². The maximum Gasteiger partial charge on any atom is 0.203 e. The van der Waals surface area contributed by atoms with E-state index in [1.807, 2.05) is 6.92 Å². The minimum absolute atomic E-state index is 0.307. The molecule has 0 aliphatic carbocycles. The normalized spacial score (nSPS) is 10.4. The van der Waals surface area contributed by atoms with Gasteiger partial charge in [-0.2, -0.15) is 0 Å². The predicted octanol–water partition coefficient (Wildman–Crippen LogP) is 4.30. The Hall–Kier alpha value is -1.75. The molecule has 0 saturated heterocycles. The Kier molecular flexibility index (Phi) is 4.49. The van der Waals surface area contributed by atoms with Gasteiger partial charge in [0.2, 0.25) is 5.78 Å². The third kappa shape index (κ3) is 3.42. The van der Waals surface area contributed by atoms with Gasteiger partial charge in [0.1, 0.15) is 17.4 Å². The molecule has 2 aromatic carbocycles. The topological polar surface area (TPSA) is 26.3 Å². The SMILES string of the molecule is Cc1cc(OCC(=O)c2cc(F)ccc2F)ccc1Br. The standard InChI is InChI=1S/C15H11BrF2O2/c1-9-6-11(3-4-13(9)16)20-8-15(19)12-7-10(17)2-5-14(12)18/h2-7H,8H2,1H3. The molecule has 0 atom stereocenters. The van der Waals surface area contributed by atoms with Crippen LogP contribution in [-0.4, -0.2) is 12.4 Å². The number of rotatable bonds is 4.